The van der Waals surface area contributed by atoms with E-state index in [4.69, 9.17) is 4.74 Å². The van der Waals surface area contributed by atoms with Crippen LogP contribution in [0.2, 0.25) is 0 Å². The lowest BCUT2D eigenvalue weighted by Crippen LogP contribution is -2.43. The monoisotopic (exact) mass is 415 g/mol. The second-order valence-electron chi connectivity index (χ2n) is 8.11. The van der Waals surface area contributed by atoms with Gasteiger partial charge in [0.05, 0.1) is 6.61 Å². The van der Waals surface area contributed by atoms with Crippen LogP contribution in [0, 0.1) is 5.92 Å². The molecule has 0 aliphatic carbocycles. The maximum Gasteiger partial charge on any atom is 0.143 e. The van der Waals surface area contributed by atoms with Crippen LogP contribution in [0.4, 0.5) is 0 Å². The van der Waals surface area contributed by atoms with E-state index in [-0.39, 0.29) is 0 Å². The molecule has 0 spiro atoms. The third-order valence-electron chi connectivity index (χ3n) is 5.90. The highest BCUT2D eigenvalue weighted by Crippen LogP contribution is 2.40. The first kappa shape index (κ1) is 21.7. The van der Waals surface area contributed by atoms with Gasteiger partial charge in [0.1, 0.15) is 5.60 Å². The zero-order valence-corrected chi connectivity index (χ0v) is 18.1. The minimum absolute atomic E-state index is 0.383. The van der Waals surface area contributed by atoms with Gasteiger partial charge in [-0.1, -0.05) is 91.0 Å². The fourth-order valence-electron chi connectivity index (χ4n) is 4.29. The van der Waals surface area contributed by atoms with E-state index < -0.39 is 5.60 Å². The van der Waals surface area contributed by atoms with Gasteiger partial charge in [-0.3, -0.25) is 0 Å². The van der Waals surface area contributed by atoms with Gasteiger partial charge >= 0.3 is 0 Å². The van der Waals surface area contributed by atoms with Crippen LogP contribution in [0.5, 0.6) is 0 Å². The van der Waals surface area contributed by atoms with E-state index in [9.17, 15) is 0 Å². The summed E-state index contributed by atoms with van der Waals surface area (Å²) in [6, 6.07) is 31.8. The molecule has 4 rings (SSSR count). The summed E-state index contributed by atoms with van der Waals surface area (Å²) in [5.74, 6) is 0.383. The summed E-state index contributed by atoms with van der Waals surface area (Å²) in [5, 5.41) is 10.6. The van der Waals surface area contributed by atoms with E-state index in [1.54, 1.807) is 0 Å². The smallest absolute Gasteiger partial charge is 0.143 e. The van der Waals surface area contributed by atoms with Crippen molar-refractivity contribution >= 4 is 0 Å². The van der Waals surface area contributed by atoms with Gasteiger partial charge in [-0.15, -0.1) is 0 Å². The summed E-state index contributed by atoms with van der Waals surface area (Å²) in [7, 11) is 0. The van der Waals surface area contributed by atoms with E-state index in [0.29, 0.717) is 12.5 Å². The third-order valence-corrected chi connectivity index (χ3v) is 5.90. The van der Waals surface area contributed by atoms with Crippen LogP contribution in [-0.4, -0.2) is 45.9 Å². The summed E-state index contributed by atoms with van der Waals surface area (Å²) in [6.45, 7) is 6.49. The van der Waals surface area contributed by atoms with Crippen molar-refractivity contribution < 1.29 is 4.74 Å². The Morgan fingerprint density at radius 3 is 1.39 bits per heavy atom. The van der Waals surface area contributed by atoms with E-state index in [0.717, 1.165) is 56.0 Å². The summed E-state index contributed by atoms with van der Waals surface area (Å²) >= 11 is 0. The highest BCUT2D eigenvalue weighted by atomic mass is 16.5. The molecule has 1 saturated heterocycles. The maximum atomic E-state index is 7.00. The molecule has 1 heterocycles. The van der Waals surface area contributed by atoms with Crippen LogP contribution in [0.1, 0.15) is 16.7 Å². The molecule has 0 amide bonds. The molecule has 0 saturated carbocycles. The van der Waals surface area contributed by atoms with Gasteiger partial charge in [-0.05, 0) is 16.7 Å². The standard InChI is InChI=1S/C27H33N3O/c1-4-10-24(11-5-1)27(25-12-6-2-7-13-25,26-14-8-3-9-15-26)31-22-23-20-29-18-16-28-17-19-30-21-23/h1-15,23,28-30H,16-22H2. The molecule has 31 heavy (non-hydrogen) atoms. The lowest BCUT2D eigenvalue weighted by atomic mass is 9.80. The first-order valence-electron chi connectivity index (χ1n) is 11.3. The fourth-order valence-corrected chi connectivity index (χ4v) is 4.29. The molecule has 162 valence electrons. The van der Waals surface area contributed by atoms with E-state index in [2.05, 4.69) is 107 Å². The number of rotatable bonds is 6. The number of nitrogens with one attached hydrogen (secondary N) is 3. The van der Waals surface area contributed by atoms with Gasteiger partial charge in [-0.25, -0.2) is 0 Å². The Labute approximate surface area is 186 Å². The highest BCUT2D eigenvalue weighted by Gasteiger charge is 2.38. The van der Waals surface area contributed by atoms with Gasteiger partial charge in [0, 0.05) is 45.2 Å². The van der Waals surface area contributed by atoms with Crippen LogP contribution in [-0.2, 0) is 10.3 Å². The predicted molar refractivity (Wildman–Crippen MR) is 127 cm³/mol. The molecule has 0 radical (unpaired) electrons. The van der Waals surface area contributed by atoms with Gasteiger partial charge < -0.3 is 20.7 Å². The quantitative estimate of drug-likeness (QED) is 0.540. The molecule has 1 aliphatic heterocycles. The largest absolute Gasteiger partial charge is 0.360 e. The molecule has 1 aliphatic rings. The summed E-state index contributed by atoms with van der Waals surface area (Å²) in [6.07, 6.45) is 0. The van der Waals surface area contributed by atoms with Crippen molar-refractivity contribution in [2.45, 2.75) is 5.60 Å². The predicted octanol–water partition coefficient (Wildman–Crippen LogP) is 3.39. The van der Waals surface area contributed by atoms with Crippen molar-refractivity contribution in [3.05, 3.63) is 108 Å². The summed E-state index contributed by atoms with van der Waals surface area (Å²) < 4.78 is 7.00. The second kappa shape index (κ2) is 11.2. The van der Waals surface area contributed by atoms with Crippen LogP contribution in [0.15, 0.2) is 91.0 Å². The topological polar surface area (TPSA) is 45.3 Å². The van der Waals surface area contributed by atoms with Gasteiger partial charge in [0.15, 0.2) is 0 Å². The van der Waals surface area contributed by atoms with Crippen molar-refractivity contribution in [1.82, 2.24) is 16.0 Å². The van der Waals surface area contributed by atoms with E-state index >= 15 is 0 Å². The van der Waals surface area contributed by atoms with Crippen LogP contribution in [0.3, 0.4) is 0 Å². The molecule has 4 nitrogen and oxygen atoms in total. The van der Waals surface area contributed by atoms with E-state index in [1.165, 1.54) is 0 Å². The molecule has 0 bridgehead atoms. The number of hydrogen-bond donors (Lipinski definition) is 3. The lowest BCUT2D eigenvalue weighted by Gasteiger charge is -2.37. The second-order valence-corrected chi connectivity index (χ2v) is 8.11. The lowest BCUT2D eigenvalue weighted by molar-refractivity contribution is -0.00795. The average Bonchev–Trinajstić information content (AvgIpc) is 2.85. The molecule has 4 heteroatoms. The number of benzene rings is 3. The van der Waals surface area contributed by atoms with Crippen molar-refractivity contribution in [1.29, 1.82) is 0 Å². The number of hydrogen-bond acceptors (Lipinski definition) is 4. The van der Waals surface area contributed by atoms with E-state index in [1.807, 2.05) is 0 Å². The molecule has 3 aromatic rings. The van der Waals surface area contributed by atoms with Crippen molar-refractivity contribution in [2.75, 3.05) is 45.9 Å². The minimum Gasteiger partial charge on any atom is -0.360 e. The Bertz CT molecular complexity index is 779. The fraction of sp³-hybridized carbons (Fsp3) is 0.333. The van der Waals surface area contributed by atoms with Gasteiger partial charge in [0.2, 0.25) is 0 Å². The molecule has 0 unspecified atom stereocenters. The number of ether oxygens (including phenoxy) is 1. The maximum absolute atomic E-state index is 7.00. The minimum atomic E-state index is -0.652. The Hall–Kier alpha value is -2.50. The Morgan fingerprint density at radius 2 is 0.968 bits per heavy atom. The summed E-state index contributed by atoms with van der Waals surface area (Å²) in [4.78, 5) is 0. The third kappa shape index (κ3) is 5.41. The molecule has 3 aromatic carbocycles. The molecule has 0 atom stereocenters. The zero-order valence-electron chi connectivity index (χ0n) is 18.1. The first-order chi connectivity index (χ1) is 15.4. The van der Waals surface area contributed by atoms with Crippen LogP contribution < -0.4 is 16.0 Å². The molecular weight excluding hydrogens is 382 g/mol. The molecule has 3 N–H and O–H groups in total. The normalized spacial score (nSPS) is 16.6. The Kier molecular flexibility index (Phi) is 7.86. The Morgan fingerprint density at radius 1 is 0.581 bits per heavy atom. The van der Waals surface area contributed by atoms with Crippen LogP contribution in [0.25, 0.3) is 0 Å². The molecular formula is C27H33N3O. The zero-order chi connectivity index (χ0) is 21.2. The van der Waals surface area contributed by atoms with Gasteiger partial charge in [0.25, 0.3) is 0 Å². The SMILES string of the molecule is c1ccc(C(OCC2CNCCNCCNC2)(c2ccccc2)c2ccccc2)cc1. The molecule has 0 aromatic heterocycles. The molecule has 1 fully saturated rings. The first-order valence-corrected chi connectivity index (χ1v) is 11.3. The Balaban J connectivity index is 1.69. The van der Waals surface area contributed by atoms with Crippen molar-refractivity contribution in [3.63, 3.8) is 0 Å². The van der Waals surface area contributed by atoms with Crippen molar-refractivity contribution in [3.8, 4) is 0 Å². The van der Waals surface area contributed by atoms with Crippen LogP contribution >= 0.6 is 0 Å². The summed E-state index contributed by atoms with van der Waals surface area (Å²) in [5.41, 5.74) is 2.80. The average molecular weight is 416 g/mol. The van der Waals surface area contributed by atoms with Crippen molar-refractivity contribution in [2.24, 2.45) is 5.92 Å². The highest BCUT2D eigenvalue weighted by molar-refractivity contribution is 5.47. The van der Waals surface area contributed by atoms with Gasteiger partial charge in [-0.2, -0.15) is 0 Å².